The van der Waals surface area contributed by atoms with E-state index in [0.717, 1.165) is 20.2 Å². The van der Waals surface area contributed by atoms with Gasteiger partial charge in [0.1, 0.15) is 11.4 Å². The number of furan rings is 1. The summed E-state index contributed by atoms with van der Waals surface area (Å²) in [6.07, 6.45) is 1.98. The fraction of sp³-hybridized carbons (Fsp3) is 0.423. The summed E-state index contributed by atoms with van der Waals surface area (Å²) in [4.78, 5) is 8.67. The van der Waals surface area contributed by atoms with Crippen LogP contribution >= 0.6 is 22.6 Å². The van der Waals surface area contributed by atoms with E-state index in [1.165, 1.54) is 0 Å². The summed E-state index contributed by atoms with van der Waals surface area (Å²) >= 11 is 2.26. The van der Waals surface area contributed by atoms with Gasteiger partial charge in [0.05, 0.1) is 17.5 Å². The second-order valence-electron chi connectivity index (χ2n) is 9.99. The number of rotatable bonds is 4. The predicted octanol–water partition coefficient (Wildman–Crippen LogP) is 6.71. The Morgan fingerprint density at radius 2 is 1.59 bits per heavy atom. The van der Waals surface area contributed by atoms with Crippen LogP contribution in [0.4, 0.5) is 24.7 Å². The molecule has 11 heteroatoms. The highest BCUT2D eigenvalue weighted by molar-refractivity contribution is 14.1. The largest absolute Gasteiger partial charge is 0.460 e. The zero-order valence-corrected chi connectivity index (χ0v) is 22.3. The van der Waals surface area contributed by atoms with E-state index in [2.05, 4.69) is 37.7 Å². The lowest BCUT2D eigenvalue weighted by Gasteiger charge is -2.36. The van der Waals surface area contributed by atoms with Crippen LogP contribution in [0.2, 0.25) is 0 Å². The Morgan fingerprint density at radius 1 is 0.892 bits per heavy atom. The lowest BCUT2D eigenvalue weighted by atomic mass is 9.95. The molecule has 6 rings (SSSR count). The third-order valence-electron chi connectivity index (χ3n) is 7.19. The fourth-order valence-corrected chi connectivity index (χ4v) is 5.40. The smallest absolute Gasteiger partial charge is 0.266 e. The number of halogens is 4. The van der Waals surface area contributed by atoms with Crippen molar-refractivity contribution < 1.29 is 22.0 Å². The van der Waals surface area contributed by atoms with Crippen molar-refractivity contribution in [3.8, 4) is 23.0 Å². The minimum atomic E-state index is -2.67. The molecule has 0 amide bonds. The highest BCUT2D eigenvalue weighted by atomic mass is 127. The molecule has 0 bridgehead atoms. The summed E-state index contributed by atoms with van der Waals surface area (Å²) in [6.45, 7) is 3.19. The second kappa shape index (κ2) is 9.17. The minimum Gasteiger partial charge on any atom is -0.460 e. The average Bonchev–Trinajstić information content (AvgIpc) is 3.53. The lowest BCUT2D eigenvalue weighted by molar-refractivity contribution is -0.0221. The van der Waals surface area contributed by atoms with Crippen molar-refractivity contribution >= 4 is 45.1 Å². The van der Waals surface area contributed by atoms with Gasteiger partial charge in [0.15, 0.2) is 11.4 Å². The molecule has 2 saturated heterocycles. The molecule has 0 saturated carbocycles. The molecular weight excluding hydrogens is 598 g/mol. The molecule has 4 aromatic rings. The van der Waals surface area contributed by atoms with Gasteiger partial charge in [-0.3, -0.25) is 0 Å². The number of piperidine rings is 2. The molecule has 0 atom stereocenters. The summed E-state index contributed by atoms with van der Waals surface area (Å²) in [6, 6.07) is 9.53. The molecule has 0 spiro atoms. The van der Waals surface area contributed by atoms with Gasteiger partial charge in [0.2, 0.25) is 5.89 Å². The SMILES string of the molecule is CC1(F)CCN(c2cc(I)ccc2-c2nnc(-c3cc4ccoc4c(N4CCC(F)(F)CC4)n3)o2)CC1. The maximum absolute atomic E-state index is 14.4. The number of anilines is 2. The summed E-state index contributed by atoms with van der Waals surface area (Å²) in [5.41, 5.74) is 1.52. The second-order valence-corrected chi connectivity index (χ2v) is 11.2. The number of hydrogen-bond donors (Lipinski definition) is 0. The van der Waals surface area contributed by atoms with Crippen molar-refractivity contribution in [3.63, 3.8) is 0 Å². The van der Waals surface area contributed by atoms with Crippen molar-refractivity contribution in [2.75, 3.05) is 36.0 Å². The normalized spacial score (nSPS) is 19.5. The van der Waals surface area contributed by atoms with Crippen LogP contribution in [0.15, 0.2) is 45.4 Å². The molecule has 0 aliphatic carbocycles. The van der Waals surface area contributed by atoms with Gasteiger partial charge in [-0.2, -0.15) is 0 Å². The van der Waals surface area contributed by atoms with Gasteiger partial charge < -0.3 is 18.6 Å². The first-order chi connectivity index (χ1) is 17.7. The van der Waals surface area contributed by atoms with Crippen LogP contribution in [0.25, 0.3) is 34.0 Å². The van der Waals surface area contributed by atoms with Crippen molar-refractivity contribution in [1.29, 1.82) is 0 Å². The summed E-state index contributed by atoms with van der Waals surface area (Å²) in [5.74, 6) is -1.62. The monoisotopic (exact) mass is 623 g/mol. The number of pyridine rings is 1. The Bertz CT molecular complexity index is 1430. The molecule has 2 aliphatic rings. The maximum atomic E-state index is 14.4. The van der Waals surface area contributed by atoms with Crippen LogP contribution in [0, 0.1) is 3.57 Å². The van der Waals surface area contributed by atoms with Crippen LogP contribution in [0.3, 0.4) is 0 Å². The molecule has 2 aliphatic heterocycles. The van der Waals surface area contributed by atoms with Crippen LogP contribution in [-0.4, -0.2) is 53.0 Å². The molecule has 5 heterocycles. The molecule has 3 aromatic heterocycles. The van der Waals surface area contributed by atoms with Gasteiger partial charge in [0, 0.05) is 48.0 Å². The summed E-state index contributed by atoms with van der Waals surface area (Å²) in [7, 11) is 0. The average molecular weight is 623 g/mol. The first-order valence-corrected chi connectivity index (χ1v) is 13.3. The number of benzene rings is 1. The lowest BCUT2D eigenvalue weighted by Crippen LogP contribution is -2.40. The number of nitrogens with zero attached hydrogens (tertiary/aromatic N) is 5. The standard InChI is InChI=1S/C26H25F3IN5O2/c1-25(27)5-9-34(10-6-25)20-15-17(30)2-3-18(20)23-32-33-24(37-23)19-14-16-4-13-36-21(16)22(31-19)35-11-7-26(28,29)8-12-35/h2-4,13-15H,5-12H2,1H3. The number of aromatic nitrogens is 3. The van der Waals surface area contributed by atoms with Gasteiger partial charge >= 0.3 is 0 Å². The van der Waals surface area contributed by atoms with Crippen LogP contribution in [0.1, 0.15) is 32.6 Å². The minimum absolute atomic E-state index is 0.175. The molecular formula is C26H25F3IN5O2. The Labute approximate surface area is 225 Å². The Hall–Kier alpha value is -2.83. The van der Waals surface area contributed by atoms with E-state index in [-0.39, 0.29) is 31.8 Å². The van der Waals surface area contributed by atoms with Crippen molar-refractivity contribution in [3.05, 3.63) is 40.2 Å². The van der Waals surface area contributed by atoms with Crippen LogP contribution in [0.5, 0.6) is 0 Å². The zero-order chi connectivity index (χ0) is 25.8. The number of hydrogen-bond acceptors (Lipinski definition) is 7. The molecule has 194 valence electrons. The molecule has 0 N–H and O–H groups in total. The molecule has 0 unspecified atom stereocenters. The van der Waals surface area contributed by atoms with E-state index in [4.69, 9.17) is 13.8 Å². The van der Waals surface area contributed by atoms with Gasteiger partial charge in [-0.15, -0.1) is 10.2 Å². The highest BCUT2D eigenvalue weighted by Crippen LogP contribution is 2.38. The van der Waals surface area contributed by atoms with E-state index >= 15 is 0 Å². The third-order valence-corrected chi connectivity index (χ3v) is 7.86. The third kappa shape index (κ3) is 4.89. The van der Waals surface area contributed by atoms with Gasteiger partial charge in [0.25, 0.3) is 11.8 Å². The zero-order valence-electron chi connectivity index (χ0n) is 20.2. The Morgan fingerprint density at radius 3 is 2.35 bits per heavy atom. The summed E-state index contributed by atoms with van der Waals surface area (Å²) < 4.78 is 54.7. The number of fused-ring (bicyclic) bond motifs is 1. The van der Waals surface area contributed by atoms with E-state index < -0.39 is 11.6 Å². The topological polar surface area (TPSA) is 71.4 Å². The van der Waals surface area contributed by atoms with Crippen LogP contribution in [-0.2, 0) is 0 Å². The Balaban J connectivity index is 1.34. The van der Waals surface area contributed by atoms with Gasteiger partial charge in [-0.1, -0.05) is 0 Å². The van der Waals surface area contributed by atoms with Crippen molar-refractivity contribution in [2.45, 2.75) is 44.2 Å². The molecule has 2 fully saturated rings. The van der Waals surface area contributed by atoms with E-state index in [1.807, 2.05) is 23.1 Å². The van der Waals surface area contributed by atoms with E-state index in [0.29, 0.717) is 48.9 Å². The predicted molar refractivity (Wildman–Crippen MR) is 143 cm³/mol. The van der Waals surface area contributed by atoms with Crippen molar-refractivity contribution in [2.24, 2.45) is 0 Å². The van der Waals surface area contributed by atoms with Crippen LogP contribution < -0.4 is 9.80 Å². The molecule has 1 aromatic carbocycles. The summed E-state index contributed by atoms with van der Waals surface area (Å²) in [5, 5.41) is 9.35. The van der Waals surface area contributed by atoms with Gasteiger partial charge in [-0.25, -0.2) is 18.2 Å². The first kappa shape index (κ1) is 24.5. The quantitative estimate of drug-likeness (QED) is 0.234. The molecule has 37 heavy (non-hydrogen) atoms. The molecule has 7 nitrogen and oxygen atoms in total. The van der Waals surface area contributed by atoms with E-state index in [1.54, 1.807) is 25.3 Å². The first-order valence-electron chi connectivity index (χ1n) is 12.3. The highest BCUT2D eigenvalue weighted by Gasteiger charge is 2.35. The maximum Gasteiger partial charge on any atom is 0.266 e. The van der Waals surface area contributed by atoms with E-state index in [9.17, 15) is 13.2 Å². The Kier molecular flexibility index (Phi) is 6.08. The fourth-order valence-electron chi connectivity index (χ4n) is 4.93. The molecule has 0 radical (unpaired) electrons. The van der Waals surface area contributed by atoms with Crippen molar-refractivity contribution in [1.82, 2.24) is 15.2 Å². The number of alkyl halides is 3. The van der Waals surface area contributed by atoms with Gasteiger partial charge in [-0.05, 0) is 72.7 Å².